The summed E-state index contributed by atoms with van der Waals surface area (Å²) in [6, 6.07) is 2.49. The number of nitrogens with zero attached hydrogens (tertiary/aromatic N) is 5. The molecule has 3 aromatic heterocycles. The third-order valence-corrected chi connectivity index (χ3v) is 4.93. The van der Waals surface area contributed by atoms with Crippen molar-refractivity contribution in [3.63, 3.8) is 0 Å². The van der Waals surface area contributed by atoms with Crippen molar-refractivity contribution in [2.24, 2.45) is 0 Å². The molecule has 0 bridgehead atoms. The lowest BCUT2D eigenvalue weighted by molar-refractivity contribution is 0.192. The number of thiophene rings is 1. The zero-order valence-electron chi connectivity index (χ0n) is 13.1. The first-order chi connectivity index (χ1) is 11.3. The molecule has 0 saturated carbocycles. The van der Waals surface area contributed by atoms with E-state index in [-0.39, 0.29) is 0 Å². The highest BCUT2D eigenvalue weighted by Gasteiger charge is 2.26. The molecule has 1 aliphatic heterocycles. The third-order valence-electron chi connectivity index (χ3n) is 4.25. The molecule has 0 N–H and O–H groups in total. The SMILES string of the molecule is Cc1cnn(C[C@@H]2CCCN2Cc2nc(-c3ccsc3)no2)c1. The molecule has 4 heterocycles. The molecule has 0 radical (unpaired) electrons. The third kappa shape index (κ3) is 3.20. The number of hydrogen-bond acceptors (Lipinski definition) is 6. The number of likely N-dealkylation sites (tertiary alicyclic amines) is 1. The molecule has 1 saturated heterocycles. The molecule has 6 nitrogen and oxygen atoms in total. The van der Waals surface area contributed by atoms with Crippen molar-refractivity contribution in [3.8, 4) is 11.4 Å². The van der Waals surface area contributed by atoms with Gasteiger partial charge in [0.1, 0.15) is 0 Å². The van der Waals surface area contributed by atoms with E-state index in [9.17, 15) is 0 Å². The molecule has 1 atom stereocenters. The van der Waals surface area contributed by atoms with Gasteiger partial charge < -0.3 is 4.52 Å². The van der Waals surface area contributed by atoms with E-state index in [1.54, 1.807) is 11.3 Å². The second-order valence-electron chi connectivity index (χ2n) is 6.03. The standard InChI is InChI=1S/C16H19N5OS/c1-12-7-17-21(8-12)9-14-3-2-5-20(14)10-15-18-16(19-22-15)13-4-6-23-11-13/h4,6-8,11,14H,2-3,5,9-10H2,1H3/t14-/m0/s1. The molecule has 0 aromatic carbocycles. The Bertz CT molecular complexity index is 763. The van der Waals surface area contributed by atoms with Gasteiger partial charge in [-0.25, -0.2) is 0 Å². The molecular weight excluding hydrogens is 310 g/mol. The van der Waals surface area contributed by atoms with Crippen LogP contribution in [-0.2, 0) is 13.1 Å². The number of aryl methyl sites for hydroxylation is 1. The predicted molar refractivity (Wildman–Crippen MR) is 88.0 cm³/mol. The Labute approximate surface area is 138 Å². The molecule has 23 heavy (non-hydrogen) atoms. The maximum Gasteiger partial charge on any atom is 0.241 e. The zero-order valence-corrected chi connectivity index (χ0v) is 13.9. The minimum Gasteiger partial charge on any atom is -0.338 e. The van der Waals surface area contributed by atoms with Crippen molar-refractivity contribution >= 4 is 11.3 Å². The Morgan fingerprint density at radius 1 is 1.43 bits per heavy atom. The predicted octanol–water partition coefficient (Wildman–Crippen LogP) is 2.97. The van der Waals surface area contributed by atoms with Crippen LogP contribution in [0, 0.1) is 6.92 Å². The van der Waals surface area contributed by atoms with E-state index in [1.807, 2.05) is 27.7 Å². The minimum absolute atomic E-state index is 0.478. The maximum atomic E-state index is 5.43. The fraction of sp³-hybridized carbons (Fsp3) is 0.438. The Morgan fingerprint density at radius 2 is 2.39 bits per heavy atom. The molecule has 0 unspecified atom stereocenters. The molecule has 120 valence electrons. The van der Waals surface area contributed by atoms with Crippen LogP contribution in [0.15, 0.2) is 33.7 Å². The first kappa shape index (κ1) is 14.6. The summed E-state index contributed by atoms with van der Waals surface area (Å²) in [5, 5.41) is 12.5. The van der Waals surface area contributed by atoms with Crippen molar-refractivity contribution in [1.82, 2.24) is 24.8 Å². The number of hydrogen-bond donors (Lipinski definition) is 0. The Hall–Kier alpha value is -1.99. The van der Waals surface area contributed by atoms with Gasteiger partial charge in [0, 0.05) is 23.2 Å². The summed E-state index contributed by atoms with van der Waals surface area (Å²) in [6.45, 7) is 4.77. The van der Waals surface area contributed by atoms with Gasteiger partial charge in [0.25, 0.3) is 0 Å². The molecule has 1 fully saturated rings. The average molecular weight is 329 g/mol. The summed E-state index contributed by atoms with van der Waals surface area (Å²) < 4.78 is 7.46. The van der Waals surface area contributed by atoms with Crippen LogP contribution in [0.5, 0.6) is 0 Å². The summed E-state index contributed by atoms with van der Waals surface area (Å²) in [4.78, 5) is 6.95. The van der Waals surface area contributed by atoms with E-state index in [0.717, 1.165) is 18.7 Å². The van der Waals surface area contributed by atoms with Gasteiger partial charge in [-0.15, -0.1) is 0 Å². The Kier molecular flexibility index (Phi) is 3.97. The van der Waals surface area contributed by atoms with Crippen LogP contribution < -0.4 is 0 Å². The highest BCUT2D eigenvalue weighted by molar-refractivity contribution is 7.08. The topological polar surface area (TPSA) is 60.0 Å². The molecule has 0 spiro atoms. The molecular formula is C16H19N5OS. The molecule has 4 rings (SSSR count). The van der Waals surface area contributed by atoms with Crippen molar-refractivity contribution in [3.05, 3.63) is 40.7 Å². The smallest absolute Gasteiger partial charge is 0.241 e. The van der Waals surface area contributed by atoms with E-state index in [2.05, 4.69) is 33.3 Å². The molecule has 1 aliphatic rings. The van der Waals surface area contributed by atoms with Gasteiger partial charge >= 0.3 is 0 Å². The highest BCUT2D eigenvalue weighted by Crippen LogP contribution is 2.23. The van der Waals surface area contributed by atoms with Crippen LogP contribution in [0.2, 0.25) is 0 Å². The van der Waals surface area contributed by atoms with Gasteiger partial charge in [0.2, 0.25) is 11.7 Å². The van der Waals surface area contributed by atoms with Crippen LogP contribution in [0.3, 0.4) is 0 Å². The zero-order chi connectivity index (χ0) is 15.6. The minimum atomic E-state index is 0.478. The lowest BCUT2D eigenvalue weighted by atomic mass is 10.2. The van der Waals surface area contributed by atoms with Crippen molar-refractivity contribution in [1.29, 1.82) is 0 Å². The first-order valence-corrected chi connectivity index (χ1v) is 8.80. The summed E-state index contributed by atoms with van der Waals surface area (Å²) in [6.07, 6.45) is 6.39. The van der Waals surface area contributed by atoms with Gasteiger partial charge in [-0.2, -0.15) is 21.4 Å². The van der Waals surface area contributed by atoms with Crippen molar-refractivity contribution in [2.75, 3.05) is 6.54 Å². The van der Waals surface area contributed by atoms with Gasteiger partial charge in [-0.1, -0.05) is 5.16 Å². The summed E-state index contributed by atoms with van der Waals surface area (Å²) in [5.41, 5.74) is 2.22. The monoisotopic (exact) mass is 329 g/mol. The number of aromatic nitrogens is 4. The second-order valence-corrected chi connectivity index (χ2v) is 6.81. The quantitative estimate of drug-likeness (QED) is 0.720. The van der Waals surface area contributed by atoms with E-state index >= 15 is 0 Å². The van der Waals surface area contributed by atoms with Gasteiger partial charge in [0.15, 0.2) is 0 Å². The van der Waals surface area contributed by atoms with Gasteiger partial charge in [-0.05, 0) is 43.3 Å². The Morgan fingerprint density at radius 3 is 3.17 bits per heavy atom. The van der Waals surface area contributed by atoms with Crippen LogP contribution >= 0.6 is 11.3 Å². The van der Waals surface area contributed by atoms with E-state index < -0.39 is 0 Å². The van der Waals surface area contributed by atoms with E-state index in [4.69, 9.17) is 4.52 Å². The van der Waals surface area contributed by atoms with Crippen LogP contribution in [0.25, 0.3) is 11.4 Å². The summed E-state index contributed by atoms with van der Waals surface area (Å²) in [7, 11) is 0. The summed E-state index contributed by atoms with van der Waals surface area (Å²) >= 11 is 1.64. The lowest BCUT2D eigenvalue weighted by Crippen LogP contribution is -2.32. The first-order valence-electron chi connectivity index (χ1n) is 7.86. The fourth-order valence-electron chi connectivity index (χ4n) is 3.09. The normalized spacial score (nSPS) is 18.7. The number of rotatable bonds is 5. The van der Waals surface area contributed by atoms with Crippen LogP contribution in [0.1, 0.15) is 24.3 Å². The van der Waals surface area contributed by atoms with Crippen LogP contribution in [-0.4, -0.2) is 37.4 Å². The average Bonchev–Trinajstić information content (AvgIpc) is 3.29. The van der Waals surface area contributed by atoms with Gasteiger partial charge in [0.05, 0.1) is 19.3 Å². The van der Waals surface area contributed by atoms with E-state index in [0.29, 0.717) is 24.3 Å². The van der Waals surface area contributed by atoms with Crippen LogP contribution in [0.4, 0.5) is 0 Å². The molecule has 0 amide bonds. The van der Waals surface area contributed by atoms with Crippen molar-refractivity contribution < 1.29 is 4.52 Å². The van der Waals surface area contributed by atoms with E-state index in [1.165, 1.54) is 18.4 Å². The van der Waals surface area contributed by atoms with Gasteiger partial charge in [-0.3, -0.25) is 9.58 Å². The largest absolute Gasteiger partial charge is 0.338 e. The molecule has 3 aromatic rings. The fourth-order valence-corrected chi connectivity index (χ4v) is 3.73. The molecule has 0 aliphatic carbocycles. The Balaban J connectivity index is 1.43. The summed E-state index contributed by atoms with van der Waals surface area (Å²) in [5.74, 6) is 1.37. The lowest BCUT2D eigenvalue weighted by Gasteiger charge is -2.22. The van der Waals surface area contributed by atoms with Crippen molar-refractivity contribution in [2.45, 2.75) is 38.9 Å². The second kappa shape index (κ2) is 6.25. The maximum absolute atomic E-state index is 5.43. The molecule has 7 heteroatoms. The highest BCUT2D eigenvalue weighted by atomic mass is 32.1.